The summed E-state index contributed by atoms with van der Waals surface area (Å²) in [6, 6.07) is 33.1. The van der Waals surface area contributed by atoms with Crippen molar-refractivity contribution in [3.05, 3.63) is 113 Å². The smallest absolute Gasteiger partial charge is 0.0920 e. The third kappa shape index (κ3) is 3.20. The number of ether oxygens (including phenoxy) is 1. The summed E-state index contributed by atoms with van der Waals surface area (Å²) in [4.78, 5) is 2.37. The summed E-state index contributed by atoms with van der Waals surface area (Å²) in [5.41, 5.74) is 11.0. The molecule has 1 saturated heterocycles. The lowest BCUT2D eigenvalue weighted by atomic mass is 9.77. The summed E-state index contributed by atoms with van der Waals surface area (Å²) in [6.07, 6.45) is 2.21. The molecule has 2 nitrogen and oxygen atoms in total. The third-order valence-corrected chi connectivity index (χ3v) is 7.86. The molecular weight excluding hydrogens is 414 g/mol. The number of hydrogen-bond acceptors (Lipinski definition) is 2. The van der Waals surface area contributed by atoms with Crippen LogP contribution in [-0.2, 0) is 15.9 Å². The SMILES string of the molecule is Cc1ccccc1N(c1ccc(-c2ccc3c(c2)C2(C)CCC3(C)O2)cc1)c1ccccc1C. The maximum atomic E-state index is 6.47. The maximum absolute atomic E-state index is 6.47. The fourth-order valence-electron chi connectivity index (χ4n) is 5.92. The molecule has 0 spiro atoms. The summed E-state index contributed by atoms with van der Waals surface area (Å²) in [5, 5.41) is 0. The van der Waals surface area contributed by atoms with Gasteiger partial charge in [0.15, 0.2) is 0 Å². The van der Waals surface area contributed by atoms with E-state index in [4.69, 9.17) is 4.74 Å². The first-order valence-electron chi connectivity index (χ1n) is 12.3. The number of rotatable bonds is 4. The normalized spacial score (nSPS) is 22.6. The summed E-state index contributed by atoms with van der Waals surface area (Å²) in [5.74, 6) is 0. The average Bonchev–Trinajstić information content (AvgIpc) is 3.29. The van der Waals surface area contributed by atoms with Crippen LogP contribution in [0.3, 0.4) is 0 Å². The molecule has 2 bridgehead atoms. The molecule has 1 fully saturated rings. The Hall–Kier alpha value is -3.36. The summed E-state index contributed by atoms with van der Waals surface area (Å²) >= 11 is 0. The van der Waals surface area contributed by atoms with E-state index in [0.717, 1.165) is 18.5 Å². The van der Waals surface area contributed by atoms with Crippen molar-refractivity contribution in [3.8, 4) is 11.1 Å². The zero-order valence-corrected chi connectivity index (χ0v) is 20.4. The summed E-state index contributed by atoms with van der Waals surface area (Å²) < 4.78 is 6.47. The van der Waals surface area contributed by atoms with E-state index in [-0.39, 0.29) is 11.2 Å². The Morgan fingerprint density at radius 2 is 1.15 bits per heavy atom. The van der Waals surface area contributed by atoms with Crippen molar-refractivity contribution in [1.29, 1.82) is 0 Å². The molecule has 0 amide bonds. The topological polar surface area (TPSA) is 12.5 Å². The molecular formula is C32H31NO. The van der Waals surface area contributed by atoms with Crippen molar-refractivity contribution < 1.29 is 4.74 Å². The molecule has 34 heavy (non-hydrogen) atoms. The van der Waals surface area contributed by atoms with E-state index >= 15 is 0 Å². The Kier molecular flexibility index (Phi) is 4.72. The third-order valence-electron chi connectivity index (χ3n) is 7.86. The van der Waals surface area contributed by atoms with Crippen molar-refractivity contribution in [2.24, 2.45) is 0 Å². The van der Waals surface area contributed by atoms with Crippen LogP contribution in [0.5, 0.6) is 0 Å². The van der Waals surface area contributed by atoms with Gasteiger partial charge in [0.1, 0.15) is 0 Å². The second kappa shape index (κ2) is 7.58. The highest BCUT2D eigenvalue weighted by Gasteiger charge is 2.54. The molecule has 2 atom stereocenters. The van der Waals surface area contributed by atoms with Crippen molar-refractivity contribution in [2.75, 3.05) is 4.90 Å². The van der Waals surface area contributed by atoms with E-state index in [2.05, 4.69) is 124 Å². The Morgan fingerprint density at radius 3 is 1.74 bits per heavy atom. The molecule has 2 aliphatic rings. The fraction of sp³-hybridized carbons (Fsp3) is 0.250. The number of benzene rings is 4. The summed E-state index contributed by atoms with van der Waals surface area (Å²) in [6.45, 7) is 8.84. The quantitative estimate of drug-likeness (QED) is 0.311. The number of anilines is 3. The lowest BCUT2D eigenvalue weighted by Gasteiger charge is -2.28. The molecule has 170 valence electrons. The number of nitrogens with zero attached hydrogens (tertiary/aromatic N) is 1. The minimum Gasteiger partial charge on any atom is -0.360 e. The first-order chi connectivity index (χ1) is 16.4. The fourth-order valence-corrected chi connectivity index (χ4v) is 5.92. The van der Waals surface area contributed by atoms with Gasteiger partial charge in [0, 0.05) is 17.1 Å². The predicted octanol–water partition coefficient (Wildman–Crippen LogP) is 8.69. The number of para-hydroxylation sites is 2. The Bertz CT molecular complexity index is 1340. The van der Waals surface area contributed by atoms with E-state index in [1.165, 1.54) is 44.8 Å². The van der Waals surface area contributed by atoms with Crippen LogP contribution < -0.4 is 4.90 Å². The zero-order chi connectivity index (χ0) is 23.5. The molecule has 2 aliphatic heterocycles. The number of fused-ring (bicyclic) bond motifs is 5. The second-order valence-electron chi connectivity index (χ2n) is 10.3. The van der Waals surface area contributed by atoms with E-state index < -0.39 is 0 Å². The van der Waals surface area contributed by atoms with Crippen LogP contribution in [0.15, 0.2) is 91.0 Å². The van der Waals surface area contributed by atoms with Crippen LogP contribution >= 0.6 is 0 Å². The number of aryl methyl sites for hydroxylation is 2. The van der Waals surface area contributed by atoms with Gasteiger partial charge in [-0.3, -0.25) is 0 Å². The highest BCUT2D eigenvalue weighted by atomic mass is 16.5. The Balaban J connectivity index is 1.41. The minimum absolute atomic E-state index is 0.117. The molecule has 2 unspecified atom stereocenters. The van der Waals surface area contributed by atoms with Crippen LogP contribution in [0.2, 0.25) is 0 Å². The molecule has 6 rings (SSSR count). The van der Waals surface area contributed by atoms with Crippen LogP contribution in [-0.4, -0.2) is 0 Å². The Labute approximate surface area is 202 Å². The van der Waals surface area contributed by atoms with Gasteiger partial charge in [-0.25, -0.2) is 0 Å². The average molecular weight is 446 g/mol. The van der Waals surface area contributed by atoms with Gasteiger partial charge >= 0.3 is 0 Å². The molecule has 4 aromatic carbocycles. The molecule has 0 radical (unpaired) electrons. The second-order valence-corrected chi connectivity index (χ2v) is 10.3. The molecule has 4 aromatic rings. The van der Waals surface area contributed by atoms with Crippen molar-refractivity contribution >= 4 is 17.1 Å². The molecule has 0 N–H and O–H groups in total. The van der Waals surface area contributed by atoms with Crippen LogP contribution in [0.25, 0.3) is 11.1 Å². The maximum Gasteiger partial charge on any atom is 0.0920 e. The van der Waals surface area contributed by atoms with E-state index in [0.29, 0.717) is 0 Å². The van der Waals surface area contributed by atoms with Gasteiger partial charge in [0.05, 0.1) is 11.2 Å². The zero-order valence-electron chi connectivity index (χ0n) is 20.4. The predicted molar refractivity (Wildman–Crippen MR) is 141 cm³/mol. The first-order valence-corrected chi connectivity index (χ1v) is 12.3. The molecule has 0 saturated carbocycles. The van der Waals surface area contributed by atoms with E-state index in [1.807, 2.05) is 0 Å². The van der Waals surface area contributed by atoms with E-state index in [9.17, 15) is 0 Å². The number of hydrogen-bond donors (Lipinski definition) is 0. The van der Waals surface area contributed by atoms with Crippen LogP contribution in [0.1, 0.15) is 48.9 Å². The van der Waals surface area contributed by atoms with Gasteiger partial charge in [-0.1, -0.05) is 60.7 Å². The van der Waals surface area contributed by atoms with Gasteiger partial charge < -0.3 is 9.64 Å². The molecule has 0 aromatic heterocycles. The van der Waals surface area contributed by atoms with Crippen molar-refractivity contribution in [1.82, 2.24) is 0 Å². The van der Waals surface area contributed by atoms with Gasteiger partial charge in [-0.05, 0) is 104 Å². The lowest BCUT2D eigenvalue weighted by Crippen LogP contribution is -2.17. The van der Waals surface area contributed by atoms with E-state index in [1.54, 1.807) is 0 Å². The highest BCUT2D eigenvalue weighted by Crippen LogP contribution is 2.58. The first kappa shape index (κ1) is 21.2. The van der Waals surface area contributed by atoms with Gasteiger partial charge in [-0.2, -0.15) is 0 Å². The lowest BCUT2D eigenvalue weighted by molar-refractivity contribution is -0.0662. The molecule has 2 heteroatoms. The van der Waals surface area contributed by atoms with Gasteiger partial charge in [0.2, 0.25) is 0 Å². The van der Waals surface area contributed by atoms with Crippen molar-refractivity contribution in [2.45, 2.75) is 51.7 Å². The van der Waals surface area contributed by atoms with Gasteiger partial charge in [0.25, 0.3) is 0 Å². The molecule has 0 aliphatic carbocycles. The Morgan fingerprint density at radius 1 is 0.618 bits per heavy atom. The minimum atomic E-state index is -0.146. The highest BCUT2D eigenvalue weighted by molar-refractivity contribution is 5.81. The summed E-state index contributed by atoms with van der Waals surface area (Å²) in [7, 11) is 0. The monoisotopic (exact) mass is 445 g/mol. The van der Waals surface area contributed by atoms with Gasteiger partial charge in [-0.15, -0.1) is 0 Å². The van der Waals surface area contributed by atoms with Crippen LogP contribution in [0.4, 0.5) is 17.1 Å². The van der Waals surface area contributed by atoms with Crippen LogP contribution in [0, 0.1) is 13.8 Å². The standard InChI is InChI=1S/C32H31NO/c1-22-9-5-7-11-29(22)33(30-12-8-6-10-23(30)2)26-16-13-24(14-17-26)25-15-18-27-28(21-25)32(4)20-19-31(27,3)34-32/h5-18,21H,19-20H2,1-4H3. The van der Waals surface area contributed by atoms with Crippen molar-refractivity contribution in [3.63, 3.8) is 0 Å². The largest absolute Gasteiger partial charge is 0.360 e. The molecule has 2 heterocycles.